The molecule has 0 atom stereocenters. The van der Waals surface area contributed by atoms with E-state index in [0.717, 1.165) is 10.6 Å². The predicted octanol–water partition coefficient (Wildman–Crippen LogP) is 2.93. The number of thioether (sulfide) groups is 1. The number of hydrogen-bond acceptors (Lipinski definition) is 5. The summed E-state index contributed by atoms with van der Waals surface area (Å²) in [6, 6.07) is 16.3. The van der Waals surface area contributed by atoms with Gasteiger partial charge in [0.25, 0.3) is 5.91 Å². The second-order valence-electron chi connectivity index (χ2n) is 5.28. The van der Waals surface area contributed by atoms with E-state index in [0.29, 0.717) is 12.1 Å². The van der Waals surface area contributed by atoms with Crippen LogP contribution in [0.2, 0.25) is 0 Å². The Balaban J connectivity index is 1.67. The first-order valence-corrected chi connectivity index (χ1v) is 8.70. The maximum absolute atomic E-state index is 11.8. The fraction of sp³-hybridized carbons (Fsp3) is 0.211. The summed E-state index contributed by atoms with van der Waals surface area (Å²) in [4.78, 5) is 24.7. The summed E-state index contributed by atoms with van der Waals surface area (Å²) < 4.78 is 4.95. The molecular formula is C19H18N2O3S. The summed E-state index contributed by atoms with van der Waals surface area (Å²) >= 11 is 1.64. The van der Waals surface area contributed by atoms with E-state index < -0.39 is 5.97 Å². The predicted molar refractivity (Wildman–Crippen MR) is 96.4 cm³/mol. The average Bonchev–Trinajstić information content (AvgIpc) is 2.64. The Bertz CT molecular complexity index is 782. The Morgan fingerprint density at radius 1 is 1.20 bits per heavy atom. The lowest BCUT2D eigenvalue weighted by atomic mass is 10.1. The topological polar surface area (TPSA) is 79.2 Å². The lowest BCUT2D eigenvalue weighted by Gasteiger charge is -2.07. The third-order valence-corrected chi connectivity index (χ3v) is 4.29. The molecular weight excluding hydrogens is 336 g/mol. The molecule has 0 aliphatic carbocycles. The number of esters is 1. The summed E-state index contributed by atoms with van der Waals surface area (Å²) in [5.74, 6) is -0.247. The largest absolute Gasteiger partial charge is 0.452 e. The van der Waals surface area contributed by atoms with Crippen molar-refractivity contribution in [3.63, 3.8) is 0 Å². The zero-order chi connectivity index (χ0) is 18.1. The van der Waals surface area contributed by atoms with Crippen molar-refractivity contribution >= 4 is 23.6 Å². The Morgan fingerprint density at radius 3 is 2.68 bits per heavy atom. The molecule has 25 heavy (non-hydrogen) atoms. The van der Waals surface area contributed by atoms with Gasteiger partial charge in [0.05, 0.1) is 17.2 Å². The smallest absolute Gasteiger partial charge is 0.338 e. The highest BCUT2D eigenvalue weighted by Crippen LogP contribution is 2.17. The van der Waals surface area contributed by atoms with Gasteiger partial charge < -0.3 is 10.1 Å². The summed E-state index contributed by atoms with van der Waals surface area (Å²) in [5, 5.41) is 11.5. The third kappa shape index (κ3) is 6.32. The van der Waals surface area contributed by atoms with Crippen LogP contribution in [0, 0.1) is 18.3 Å². The van der Waals surface area contributed by atoms with Crippen LogP contribution >= 0.6 is 11.8 Å². The number of carbonyl (C=O) groups is 2. The fourth-order valence-corrected chi connectivity index (χ4v) is 2.74. The summed E-state index contributed by atoms with van der Waals surface area (Å²) in [7, 11) is 0. The Hall–Kier alpha value is -2.78. The molecule has 0 saturated heterocycles. The van der Waals surface area contributed by atoms with E-state index in [1.165, 1.54) is 11.6 Å². The molecule has 5 nitrogen and oxygen atoms in total. The molecule has 0 bridgehead atoms. The fourth-order valence-electron chi connectivity index (χ4n) is 1.97. The number of nitriles is 1. The van der Waals surface area contributed by atoms with Crippen LogP contribution in [0.3, 0.4) is 0 Å². The molecule has 0 aliphatic rings. The van der Waals surface area contributed by atoms with E-state index in [9.17, 15) is 9.59 Å². The standard InChI is InChI=1S/C19H18N2O3S/c1-14-5-7-17(8-6-14)25-10-9-21-18(22)13-24-19(23)16-4-2-3-15(11-16)12-20/h2-8,11H,9-10,13H2,1H3,(H,21,22). The number of amides is 1. The van der Waals surface area contributed by atoms with Crippen LogP contribution in [-0.2, 0) is 9.53 Å². The summed E-state index contributed by atoms with van der Waals surface area (Å²) in [6.07, 6.45) is 0. The van der Waals surface area contributed by atoms with Crippen LogP contribution in [0.5, 0.6) is 0 Å². The maximum atomic E-state index is 11.8. The molecule has 2 aromatic rings. The molecule has 1 N–H and O–H groups in total. The van der Waals surface area contributed by atoms with Gasteiger partial charge in [0.2, 0.25) is 0 Å². The lowest BCUT2D eigenvalue weighted by Crippen LogP contribution is -2.30. The van der Waals surface area contributed by atoms with E-state index >= 15 is 0 Å². The van der Waals surface area contributed by atoms with Crippen molar-refractivity contribution in [2.24, 2.45) is 0 Å². The summed E-state index contributed by atoms with van der Waals surface area (Å²) in [5.41, 5.74) is 1.83. The zero-order valence-corrected chi connectivity index (χ0v) is 14.6. The van der Waals surface area contributed by atoms with Crippen LogP contribution < -0.4 is 5.32 Å². The normalized spacial score (nSPS) is 9.92. The number of nitrogens with one attached hydrogen (secondary N) is 1. The van der Waals surface area contributed by atoms with Gasteiger partial charge >= 0.3 is 5.97 Å². The van der Waals surface area contributed by atoms with Gasteiger partial charge in [-0.3, -0.25) is 4.79 Å². The monoisotopic (exact) mass is 354 g/mol. The molecule has 0 unspecified atom stereocenters. The van der Waals surface area contributed by atoms with Gasteiger partial charge in [0.1, 0.15) is 0 Å². The third-order valence-electron chi connectivity index (χ3n) is 3.28. The molecule has 0 fully saturated rings. The lowest BCUT2D eigenvalue weighted by molar-refractivity contribution is -0.124. The first kappa shape index (κ1) is 18.6. The van der Waals surface area contributed by atoms with Crippen LogP contribution in [0.4, 0.5) is 0 Å². The molecule has 2 rings (SSSR count). The van der Waals surface area contributed by atoms with E-state index in [1.54, 1.807) is 30.0 Å². The highest BCUT2D eigenvalue weighted by molar-refractivity contribution is 7.99. The molecule has 0 radical (unpaired) electrons. The molecule has 1 amide bonds. The van der Waals surface area contributed by atoms with Crippen molar-refractivity contribution in [1.29, 1.82) is 5.26 Å². The number of ether oxygens (including phenoxy) is 1. The number of rotatable bonds is 7. The Labute approximate surface area is 151 Å². The van der Waals surface area contributed by atoms with Crippen LogP contribution in [0.15, 0.2) is 53.4 Å². The molecule has 2 aromatic carbocycles. The van der Waals surface area contributed by atoms with Crippen molar-refractivity contribution in [3.05, 3.63) is 65.2 Å². The minimum atomic E-state index is -0.624. The number of benzene rings is 2. The van der Waals surface area contributed by atoms with Crippen molar-refractivity contribution in [3.8, 4) is 6.07 Å². The van der Waals surface area contributed by atoms with Gasteiger partial charge in [0, 0.05) is 17.2 Å². The van der Waals surface area contributed by atoms with E-state index in [-0.39, 0.29) is 18.1 Å². The minimum Gasteiger partial charge on any atom is -0.452 e. The van der Waals surface area contributed by atoms with Crippen molar-refractivity contribution in [2.75, 3.05) is 18.9 Å². The number of carbonyl (C=O) groups excluding carboxylic acids is 2. The zero-order valence-electron chi connectivity index (χ0n) is 13.8. The van der Waals surface area contributed by atoms with Crippen LogP contribution in [-0.4, -0.2) is 30.8 Å². The first-order valence-electron chi connectivity index (χ1n) is 7.72. The van der Waals surface area contributed by atoms with Crippen molar-refractivity contribution in [2.45, 2.75) is 11.8 Å². The van der Waals surface area contributed by atoms with Gasteiger partial charge in [-0.25, -0.2) is 4.79 Å². The quantitative estimate of drug-likeness (QED) is 0.470. The van der Waals surface area contributed by atoms with E-state index in [1.807, 2.05) is 37.3 Å². The minimum absolute atomic E-state index is 0.252. The second-order valence-corrected chi connectivity index (χ2v) is 6.45. The Morgan fingerprint density at radius 2 is 1.96 bits per heavy atom. The number of aryl methyl sites for hydroxylation is 1. The highest BCUT2D eigenvalue weighted by atomic mass is 32.2. The van der Waals surface area contributed by atoms with Crippen molar-refractivity contribution < 1.29 is 14.3 Å². The van der Waals surface area contributed by atoms with Crippen LogP contribution in [0.1, 0.15) is 21.5 Å². The Kier molecular flexibility index (Phi) is 7.05. The molecule has 0 aliphatic heterocycles. The maximum Gasteiger partial charge on any atom is 0.338 e. The molecule has 0 aromatic heterocycles. The van der Waals surface area contributed by atoms with Gasteiger partial charge in [0.15, 0.2) is 6.61 Å². The molecule has 0 spiro atoms. The summed E-state index contributed by atoms with van der Waals surface area (Å²) in [6.45, 7) is 2.18. The average molecular weight is 354 g/mol. The molecule has 6 heteroatoms. The van der Waals surface area contributed by atoms with Gasteiger partial charge in [-0.1, -0.05) is 23.8 Å². The number of nitrogens with zero attached hydrogens (tertiary/aromatic N) is 1. The first-order chi connectivity index (χ1) is 12.1. The van der Waals surface area contributed by atoms with Gasteiger partial charge in [-0.05, 0) is 37.3 Å². The SMILES string of the molecule is Cc1ccc(SCCNC(=O)COC(=O)c2cccc(C#N)c2)cc1. The molecule has 0 heterocycles. The number of hydrogen-bond donors (Lipinski definition) is 1. The highest BCUT2D eigenvalue weighted by Gasteiger charge is 2.10. The van der Waals surface area contributed by atoms with E-state index in [4.69, 9.17) is 10.00 Å². The molecule has 0 saturated carbocycles. The van der Waals surface area contributed by atoms with Crippen molar-refractivity contribution in [1.82, 2.24) is 5.32 Å². The van der Waals surface area contributed by atoms with Gasteiger partial charge in [-0.15, -0.1) is 11.8 Å². The van der Waals surface area contributed by atoms with E-state index in [2.05, 4.69) is 5.32 Å². The second kappa shape index (κ2) is 9.50. The van der Waals surface area contributed by atoms with Gasteiger partial charge in [-0.2, -0.15) is 5.26 Å². The van der Waals surface area contributed by atoms with Crippen LogP contribution in [0.25, 0.3) is 0 Å². The molecule has 128 valence electrons.